The lowest BCUT2D eigenvalue weighted by atomic mass is 10.1. The second-order valence-electron chi connectivity index (χ2n) is 6.33. The first kappa shape index (κ1) is 21.0. The van der Waals surface area contributed by atoms with Gasteiger partial charge < -0.3 is 24.3 Å². The highest BCUT2D eigenvalue weighted by Gasteiger charge is 2.52. The molecule has 0 amide bonds. The zero-order chi connectivity index (χ0) is 21.3. The van der Waals surface area contributed by atoms with E-state index in [1.54, 1.807) is 0 Å². The van der Waals surface area contributed by atoms with Crippen LogP contribution < -0.4 is 15.9 Å². The molecular formula is C16H20N4O8S. The first-order valence-electron chi connectivity index (χ1n) is 8.61. The Morgan fingerprint density at radius 3 is 2.48 bits per heavy atom. The number of nitrogens with two attached hydrogens (primary N) is 1. The number of aliphatic imine (C=N–C) groups is 1. The molecular weight excluding hydrogens is 408 g/mol. The number of thiazole rings is 1. The maximum Gasteiger partial charge on any atom is 0.311 e. The Balaban J connectivity index is 2.02. The molecule has 1 aromatic rings. The van der Waals surface area contributed by atoms with Crippen LogP contribution in [-0.2, 0) is 33.3 Å². The van der Waals surface area contributed by atoms with Gasteiger partial charge >= 0.3 is 22.8 Å². The van der Waals surface area contributed by atoms with Crippen molar-refractivity contribution in [3.05, 3.63) is 14.5 Å². The van der Waals surface area contributed by atoms with E-state index in [1.165, 1.54) is 31.6 Å². The van der Waals surface area contributed by atoms with E-state index in [9.17, 15) is 19.2 Å². The number of fused-ring (bicyclic) bond motifs is 1. The number of hydrogen-bond acceptors (Lipinski definition) is 12. The van der Waals surface area contributed by atoms with Crippen LogP contribution in [-0.4, -0.2) is 59.9 Å². The van der Waals surface area contributed by atoms with Crippen molar-refractivity contribution in [2.24, 2.45) is 10.7 Å². The van der Waals surface area contributed by atoms with E-state index >= 15 is 0 Å². The van der Waals surface area contributed by atoms with Crippen molar-refractivity contribution < 1.29 is 33.3 Å². The molecule has 0 aliphatic carbocycles. The van der Waals surface area contributed by atoms with Gasteiger partial charge in [0, 0.05) is 27.0 Å². The second kappa shape index (κ2) is 8.31. The fourth-order valence-electron chi connectivity index (χ4n) is 3.09. The van der Waals surface area contributed by atoms with E-state index in [2.05, 4.69) is 10.3 Å². The van der Waals surface area contributed by atoms with Gasteiger partial charge in [-0.2, -0.15) is 0 Å². The van der Waals surface area contributed by atoms with Crippen LogP contribution in [0.15, 0.2) is 9.79 Å². The quantitative estimate of drug-likeness (QED) is 0.454. The average molecular weight is 428 g/mol. The summed E-state index contributed by atoms with van der Waals surface area (Å²) in [6, 6.07) is 0. The van der Waals surface area contributed by atoms with Crippen molar-refractivity contribution in [3.63, 3.8) is 0 Å². The number of ether oxygens (including phenoxy) is 4. The van der Waals surface area contributed by atoms with Gasteiger partial charge in [-0.05, 0) is 0 Å². The summed E-state index contributed by atoms with van der Waals surface area (Å²) in [4.78, 5) is 51.3. The highest BCUT2D eigenvalue weighted by atomic mass is 32.1. The maximum absolute atomic E-state index is 12.7. The number of rotatable bonds is 5. The van der Waals surface area contributed by atoms with Crippen molar-refractivity contribution in [1.82, 2.24) is 4.57 Å². The van der Waals surface area contributed by atoms with E-state index in [4.69, 9.17) is 24.7 Å². The van der Waals surface area contributed by atoms with Gasteiger partial charge in [0.15, 0.2) is 24.7 Å². The normalized spacial score (nSPS) is 27.7. The minimum absolute atomic E-state index is 0.267. The van der Waals surface area contributed by atoms with Crippen molar-refractivity contribution in [2.45, 2.75) is 51.6 Å². The first-order chi connectivity index (χ1) is 13.7. The molecule has 1 fully saturated rings. The third-order valence-corrected chi connectivity index (χ3v) is 4.99. The largest absolute Gasteiger partial charge is 0.463 e. The Kier molecular flexibility index (Phi) is 6.00. The maximum atomic E-state index is 12.7. The smallest absolute Gasteiger partial charge is 0.311 e. The number of esters is 3. The fraction of sp³-hybridized carbons (Fsp3) is 0.562. The number of nitrogens with zero attached hydrogens (tertiary/aromatic N) is 2. The Morgan fingerprint density at radius 2 is 1.86 bits per heavy atom. The molecule has 158 valence electrons. The SMILES string of the molecule is CC(=O)OC[C@H]1O[C@@H](n2c3c(sc2=O)C=NC(N)N3)[C@H](OC(C)=O)[C@H]1OC(C)=O. The Morgan fingerprint density at radius 1 is 1.21 bits per heavy atom. The lowest BCUT2D eigenvalue weighted by Crippen LogP contribution is -2.41. The van der Waals surface area contributed by atoms with Gasteiger partial charge in [-0.15, -0.1) is 0 Å². The molecule has 1 saturated heterocycles. The minimum atomic E-state index is -1.16. The van der Waals surface area contributed by atoms with Crippen LogP contribution in [0.25, 0.3) is 0 Å². The molecule has 5 atom stereocenters. The Bertz CT molecular complexity index is 909. The van der Waals surface area contributed by atoms with Gasteiger partial charge in [0.05, 0.1) is 4.88 Å². The van der Waals surface area contributed by atoms with Crippen LogP contribution in [0.1, 0.15) is 31.9 Å². The number of carbonyl (C=O) groups is 3. The van der Waals surface area contributed by atoms with Gasteiger partial charge in [-0.3, -0.25) is 34.5 Å². The van der Waals surface area contributed by atoms with Crippen LogP contribution >= 0.6 is 11.3 Å². The molecule has 0 saturated carbocycles. The summed E-state index contributed by atoms with van der Waals surface area (Å²) in [5, 5.41) is 2.86. The molecule has 12 nitrogen and oxygen atoms in total. The summed E-state index contributed by atoms with van der Waals surface area (Å²) in [7, 11) is 0. The molecule has 0 bridgehead atoms. The van der Waals surface area contributed by atoms with Crippen LogP contribution in [0.4, 0.5) is 5.82 Å². The molecule has 1 aromatic heterocycles. The van der Waals surface area contributed by atoms with Crippen LogP contribution in [0, 0.1) is 0 Å². The summed E-state index contributed by atoms with van der Waals surface area (Å²) in [6.45, 7) is 3.29. The van der Waals surface area contributed by atoms with Crippen molar-refractivity contribution >= 4 is 41.3 Å². The zero-order valence-corrected chi connectivity index (χ0v) is 16.6. The first-order valence-corrected chi connectivity index (χ1v) is 9.43. The number of aromatic nitrogens is 1. The van der Waals surface area contributed by atoms with E-state index in [0.29, 0.717) is 10.7 Å². The van der Waals surface area contributed by atoms with Crippen molar-refractivity contribution in [1.29, 1.82) is 0 Å². The molecule has 1 unspecified atom stereocenters. The third kappa shape index (κ3) is 4.46. The van der Waals surface area contributed by atoms with Gasteiger partial charge in [-0.1, -0.05) is 11.3 Å². The fourth-order valence-corrected chi connectivity index (χ4v) is 3.94. The average Bonchev–Trinajstić information content (AvgIpc) is 3.09. The van der Waals surface area contributed by atoms with E-state index < -0.39 is 53.6 Å². The van der Waals surface area contributed by atoms with Gasteiger partial charge in [-0.25, -0.2) is 0 Å². The predicted octanol–water partition coefficient (Wildman–Crippen LogP) is -0.680. The standard InChI is InChI=1S/C16H20N4O8S/c1-6(21)25-5-9-11(26-7(2)22)12(27-8(3)23)14(28-9)20-13-10(29-16(20)24)4-18-15(17)19-13/h4,9,11-12,14-15,19H,5,17H2,1-3H3/t9-,11+,12-,14-,15?/m1/s1. The minimum Gasteiger partial charge on any atom is -0.463 e. The molecule has 3 N–H and O–H groups in total. The summed E-state index contributed by atoms with van der Waals surface area (Å²) in [5.41, 5.74) is 5.77. The lowest BCUT2D eigenvalue weighted by molar-refractivity contribution is -0.166. The number of hydrogen-bond donors (Lipinski definition) is 2. The summed E-state index contributed by atoms with van der Waals surface area (Å²) in [6.07, 6.45) is -3.71. The van der Waals surface area contributed by atoms with Gasteiger partial charge in [0.25, 0.3) is 0 Å². The summed E-state index contributed by atoms with van der Waals surface area (Å²) < 4.78 is 22.7. The van der Waals surface area contributed by atoms with Crippen LogP contribution in [0.3, 0.4) is 0 Å². The second-order valence-corrected chi connectivity index (χ2v) is 7.33. The lowest BCUT2D eigenvalue weighted by Gasteiger charge is -2.25. The molecule has 0 radical (unpaired) electrons. The Hall–Kier alpha value is -2.77. The van der Waals surface area contributed by atoms with Crippen LogP contribution in [0.5, 0.6) is 0 Å². The topological polar surface area (TPSA) is 161 Å². The van der Waals surface area contributed by atoms with Crippen molar-refractivity contribution in [2.75, 3.05) is 11.9 Å². The molecule has 2 aliphatic heterocycles. The molecule has 3 heterocycles. The van der Waals surface area contributed by atoms with Crippen molar-refractivity contribution in [3.8, 4) is 0 Å². The van der Waals surface area contributed by atoms with Gasteiger partial charge in [0.2, 0.25) is 0 Å². The Labute approximate surface area is 168 Å². The molecule has 3 rings (SSSR count). The van der Waals surface area contributed by atoms with E-state index in [1.807, 2.05) is 0 Å². The predicted molar refractivity (Wildman–Crippen MR) is 99.4 cm³/mol. The molecule has 13 heteroatoms. The van der Waals surface area contributed by atoms with E-state index in [0.717, 1.165) is 11.3 Å². The summed E-state index contributed by atoms with van der Waals surface area (Å²) >= 11 is 0.888. The summed E-state index contributed by atoms with van der Waals surface area (Å²) in [5.74, 6) is -1.57. The molecule has 29 heavy (non-hydrogen) atoms. The number of nitrogens with one attached hydrogen (secondary N) is 1. The number of anilines is 1. The molecule has 0 spiro atoms. The number of carbonyl (C=O) groups excluding carboxylic acids is 3. The highest BCUT2D eigenvalue weighted by molar-refractivity contribution is 7.11. The van der Waals surface area contributed by atoms with Crippen LogP contribution in [0.2, 0.25) is 0 Å². The van der Waals surface area contributed by atoms with Gasteiger partial charge in [0.1, 0.15) is 18.5 Å². The monoisotopic (exact) mass is 428 g/mol. The third-order valence-electron chi connectivity index (χ3n) is 4.10. The zero-order valence-electron chi connectivity index (χ0n) is 15.8. The molecule has 2 aliphatic rings. The highest BCUT2D eigenvalue weighted by Crippen LogP contribution is 2.37. The van der Waals surface area contributed by atoms with E-state index in [-0.39, 0.29) is 6.61 Å². The molecule has 0 aromatic carbocycles.